The Kier molecular flexibility index (Phi) is 6.33. The standard InChI is InChI=1S/C26H27FN2O4/c1-5-32-24(26(30)31)13-18-7-9-23-20(16(18)3)10-11-29(23)14-22-17(4)33-25(28-22)19-6-8-21(27)15(2)12-19/h6-12,24H,5,13-14H2,1-4H3,(H,30,31). The van der Waals surface area contributed by atoms with E-state index in [1.54, 1.807) is 26.0 Å². The lowest BCUT2D eigenvalue weighted by atomic mass is 9.99. The highest BCUT2D eigenvalue weighted by molar-refractivity contribution is 5.85. The maximum absolute atomic E-state index is 13.6. The molecule has 4 rings (SSSR count). The Morgan fingerprint density at radius 2 is 2.00 bits per heavy atom. The molecule has 0 saturated carbocycles. The van der Waals surface area contributed by atoms with Crippen LogP contribution in [0.25, 0.3) is 22.4 Å². The zero-order valence-corrected chi connectivity index (χ0v) is 19.2. The summed E-state index contributed by atoms with van der Waals surface area (Å²) in [5.41, 5.74) is 5.10. The zero-order valence-electron chi connectivity index (χ0n) is 19.2. The third-order valence-corrected chi connectivity index (χ3v) is 6.00. The average molecular weight is 451 g/mol. The number of aliphatic carboxylic acids is 1. The van der Waals surface area contributed by atoms with Gasteiger partial charge in [0, 0.05) is 35.7 Å². The molecule has 1 atom stereocenters. The fraction of sp³-hybridized carbons (Fsp3) is 0.308. The fourth-order valence-corrected chi connectivity index (χ4v) is 4.08. The first kappa shape index (κ1) is 22.7. The lowest BCUT2D eigenvalue weighted by Gasteiger charge is -2.15. The van der Waals surface area contributed by atoms with Gasteiger partial charge in [0.1, 0.15) is 17.3 Å². The molecular weight excluding hydrogens is 423 g/mol. The molecule has 6 nitrogen and oxygen atoms in total. The van der Waals surface area contributed by atoms with Crippen molar-refractivity contribution < 1.29 is 23.4 Å². The smallest absolute Gasteiger partial charge is 0.333 e. The highest BCUT2D eigenvalue weighted by Gasteiger charge is 2.20. The van der Waals surface area contributed by atoms with Crippen LogP contribution in [0.15, 0.2) is 47.0 Å². The van der Waals surface area contributed by atoms with Gasteiger partial charge in [-0.15, -0.1) is 0 Å². The summed E-state index contributed by atoms with van der Waals surface area (Å²) in [5.74, 6) is -0.0336. The number of carbonyl (C=O) groups is 1. The molecule has 2 heterocycles. The molecule has 0 aliphatic rings. The molecule has 0 radical (unpaired) electrons. The number of aryl methyl sites for hydroxylation is 3. The van der Waals surface area contributed by atoms with Gasteiger partial charge in [-0.05, 0) is 74.7 Å². The number of nitrogens with zero attached hydrogens (tertiary/aromatic N) is 2. The molecule has 0 fully saturated rings. The molecule has 0 amide bonds. The minimum absolute atomic E-state index is 0.258. The first-order valence-corrected chi connectivity index (χ1v) is 10.9. The van der Waals surface area contributed by atoms with E-state index in [1.807, 2.05) is 38.2 Å². The first-order valence-electron chi connectivity index (χ1n) is 10.9. The molecular formula is C26H27FN2O4. The van der Waals surface area contributed by atoms with Crippen molar-refractivity contribution in [3.8, 4) is 11.5 Å². The van der Waals surface area contributed by atoms with Crippen molar-refractivity contribution >= 4 is 16.9 Å². The number of ether oxygens (including phenoxy) is 1. The minimum atomic E-state index is -0.956. The summed E-state index contributed by atoms with van der Waals surface area (Å²) >= 11 is 0. The molecule has 2 aromatic heterocycles. The average Bonchev–Trinajstić information content (AvgIpc) is 3.35. The van der Waals surface area contributed by atoms with Crippen molar-refractivity contribution in [2.24, 2.45) is 0 Å². The normalized spacial score (nSPS) is 12.4. The second kappa shape index (κ2) is 9.19. The van der Waals surface area contributed by atoms with Gasteiger partial charge >= 0.3 is 5.97 Å². The number of hydrogen-bond donors (Lipinski definition) is 1. The molecule has 172 valence electrons. The third kappa shape index (κ3) is 4.54. The van der Waals surface area contributed by atoms with E-state index in [0.29, 0.717) is 36.8 Å². The molecule has 0 aliphatic carbocycles. The monoisotopic (exact) mass is 450 g/mol. The Bertz CT molecular complexity index is 1320. The predicted octanol–water partition coefficient (Wildman–Crippen LogP) is 5.44. The van der Waals surface area contributed by atoms with Crippen molar-refractivity contribution in [1.82, 2.24) is 9.55 Å². The number of rotatable bonds is 8. The van der Waals surface area contributed by atoms with E-state index in [9.17, 15) is 14.3 Å². The van der Waals surface area contributed by atoms with Crippen LogP contribution >= 0.6 is 0 Å². The Hall–Kier alpha value is -3.45. The fourth-order valence-electron chi connectivity index (χ4n) is 4.08. The predicted molar refractivity (Wildman–Crippen MR) is 124 cm³/mol. The van der Waals surface area contributed by atoms with Crippen LogP contribution in [-0.2, 0) is 22.5 Å². The maximum atomic E-state index is 13.6. The van der Waals surface area contributed by atoms with Crippen LogP contribution in [0.1, 0.15) is 35.1 Å². The number of aromatic nitrogens is 2. The second-order valence-corrected chi connectivity index (χ2v) is 8.20. The minimum Gasteiger partial charge on any atom is -0.479 e. The molecule has 33 heavy (non-hydrogen) atoms. The number of fused-ring (bicyclic) bond motifs is 1. The van der Waals surface area contributed by atoms with E-state index in [1.165, 1.54) is 6.07 Å². The van der Waals surface area contributed by atoms with Gasteiger partial charge in [-0.3, -0.25) is 0 Å². The van der Waals surface area contributed by atoms with Crippen molar-refractivity contribution in [2.75, 3.05) is 6.61 Å². The highest BCUT2D eigenvalue weighted by atomic mass is 19.1. The van der Waals surface area contributed by atoms with Crippen LogP contribution in [0, 0.1) is 26.6 Å². The van der Waals surface area contributed by atoms with Crippen molar-refractivity contribution in [2.45, 2.75) is 46.8 Å². The van der Waals surface area contributed by atoms with Crippen LogP contribution < -0.4 is 0 Å². The largest absolute Gasteiger partial charge is 0.479 e. The molecule has 1 N–H and O–H groups in total. The zero-order chi connectivity index (χ0) is 23.7. The van der Waals surface area contributed by atoms with E-state index in [4.69, 9.17) is 9.15 Å². The van der Waals surface area contributed by atoms with Gasteiger partial charge in [0.2, 0.25) is 5.89 Å². The summed E-state index contributed by atoms with van der Waals surface area (Å²) in [5, 5.41) is 10.5. The van der Waals surface area contributed by atoms with Crippen LogP contribution in [-0.4, -0.2) is 33.3 Å². The van der Waals surface area contributed by atoms with E-state index >= 15 is 0 Å². The molecule has 2 aromatic carbocycles. The topological polar surface area (TPSA) is 77.5 Å². The summed E-state index contributed by atoms with van der Waals surface area (Å²) < 4.78 is 27.0. The third-order valence-electron chi connectivity index (χ3n) is 6.00. The summed E-state index contributed by atoms with van der Waals surface area (Å²) in [6.45, 7) is 8.26. The van der Waals surface area contributed by atoms with Gasteiger partial charge < -0.3 is 18.8 Å². The Morgan fingerprint density at radius 3 is 2.70 bits per heavy atom. The highest BCUT2D eigenvalue weighted by Crippen LogP contribution is 2.28. The molecule has 1 unspecified atom stereocenters. The summed E-state index contributed by atoms with van der Waals surface area (Å²) in [4.78, 5) is 16.1. The van der Waals surface area contributed by atoms with E-state index in [2.05, 4.69) is 9.55 Å². The molecule has 0 aliphatic heterocycles. The van der Waals surface area contributed by atoms with Crippen LogP contribution in [0.3, 0.4) is 0 Å². The van der Waals surface area contributed by atoms with Crippen LogP contribution in [0.5, 0.6) is 0 Å². The number of benzene rings is 2. The second-order valence-electron chi connectivity index (χ2n) is 8.20. The lowest BCUT2D eigenvalue weighted by molar-refractivity contribution is -0.149. The molecule has 0 saturated heterocycles. The molecule has 4 aromatic rings. The summed E-state index contributed by atoms with van der Waals surface area (Å²) in [6.07, 6.45) is 1.45. The van der Waals surface area contributed by atoms with E-state index in [-0.39, 0.29) is 5.82 Å². The lowest BCUT2D eigenvalue weighted by Crippen LogP contribution is -2.26. The van der Waals surface area contributed by atoms with Crippen molar-refractivity contribution in [1.29, 1.82) is 0 Å². The number of carboxylic acid groups (broad SMARTS) is 1. The van der Waals surface area contributed by atoms with Crippen LogP contribution in [0.4, 0.5) is 4.39 Å². The molecule has 7 heteroatoms. The van der Waals surface area contributed by atoms with Gasteiger partial charge in [-0.25, -0.2) is 14.2 Å². The molecule has 0 spiro atoms. The Balaban J connectivity index is 1.61. The first-order chi connectivity index (χ1) is 15.8. The van der Waals surface area contributed by atoms with Crippen molar-refractivity contribution in [3.05, 3.63) is 76.6 Å². The van der Waals surface area contributed by atoms with E-state index in [0.717, 1.165) is 33.3 Å². The van der Waals surface area contributed by atoms with E-state index < -0.39 is 12.1 Å². The summed E-state index contributed by atoms with van der Waals surface area (Å²) in [6, 6.07) is 10.8. The Labute approximate surface area is 191 Å². The van der Waals surface area contributed by atoms with Gasteiger partial charge in [-0.2, -0.15) is 0 Å². The van der Waals surface area contributed by atoms with Gasteiger partial charge in [0.15, 0.2) is 6.10 Å². The van der Waals surface area contributed by atoms with Gasteiger partial charge in [0.25, 0.3) is 0 Å². The number of hydrogen-bond acceptors (Lipinski definition) is 4. The maximum Gasteiger partial charge on any atom is 0.333 e. The number of oxazole rings is 1. The summed E-state index contributed by atoms with van der Waals surface area (Å²) in [7, 11) is 0. The molecule has 0 bridgehead atoms. The number of carboxylic acids is 1. The SMILES string of the molecule is CCOC(Cc1ccc2c(ccn2Cc2nc(-c3ccc(F)c(C)c3)oc2C)c1C)C(=O)O. The van der Waals surface area contributed by atoms with Gasteiger partial charge in [-0.1, -0.05) is 6.07 Å². The number of halogens is 1. The van der Waals surface area contributed by atoms with Gasteiger partial charge in [0.05, 0.1) is 6.54 Å². The quantitative estimate of drug-likeness (QED) is 0.387. The Morgan fingerprint density at radius 1 is 1.21 bits per heavy atom. The van der Waals surface area contributed by atoms with Crippen molar-refractivity contribution in [3.63, 3.8) is 0 Å². The van der Waals surface area contributed by atoms with Crippen LogP contribution in [0.2, 0.25) is 0 Å².